The van der Waals surface area contributed by atoms with Crippen LogP contribution in [0.15, 0.2) is 18.2 Å². The molecule has 1 heterocycles. The summed E-state index contributed by atoms with van der Waals surface area (Å²) in [6.07, 6.45) is 0.539. The first-order chi connectivity index (χ1) is 8.99. The summed E-state index contributed by atoms with van der Waals surface area (Å²) in [5.74, 6) is 1.11. The predicted octanol–water partition coefficient (Wildman–Crippen LogP) is 2.60. The fourth-order valence-electron chi connectivity index (χ4n) is 2.46. The van der Waals surface area contributed by atoms with Gasteiger partial charge in [-0.05, 0) is 31.9 Å². The average Bonchev–Trinajstić information content (AvgIpc) is 2.67. The largest absolute Gasteiger partial charge is 0.491 e. The zero-order valence-corrected chi connectivity index (χ0v) is 12.6. The Balaban J connectivity index is 1.97. The van der Waals surface area contributed by atoms with Crippen LogP contribution in [0.5, 0.6) is 5.75 Å². The molecule has 1 aliphatic heterocycles. The molecule has 2 atom stereocenters. The Hall–Kier alpha value is -1.16. The molecule has 1 aromatic rings. The van der Waals surface area contributed by atoms with Crippen molar-refractivity contribution in [3.8, 4) is 5.75 Å². The minimum absolute atomic E-state index is 0.0867. The van der Waals surface area contributed by atoms with Crippen molar-refractivity contribution in [2.45, 2.75) is 38.5 Å². The lowest BCUT2D eigenvalue weighted by Gasteiger charge is -2.25. The molecule has 1 fully saturated rings. The minimum Gasteiger partial charge on any atom is -0.491 e. The number of likely N-dealkylation sites (tertiary alicyclic amines) is 1. The maximum absolute atomic E-state index is 11.8. The normalized spacial score (nSPS) is 20.7. The van der Waals surface area contributed by atoms with Crippen LogP contribution < -0.4 is 4.74 Å². The number of thiol groups is 1. The Bertz CT molecular complexity index is 455. The monoisotopic (exact) mass is 279 g/mol. The highest BCUT2D eigenvalue weighted by Gasteiger charge is 2.30. The van der Waals surface area contributed by atoms with E-state index in [-0.39, 0.29) is 17.2 Å². The van der Waals surface area contributed by atoms with Gasteiger partial charge in [-0.1, -0.05) is 18.2 Å². The average molecular weight is 279 g/mol. The molecule has 1 saturated heterocycles. The number of nitrogens with zero attached hydrogens (tertiary/aromatic N) is 1. The number of hydrogen-bond acceptors (Lipinski definition) is 3. The van der Waals surface area contributed by atoms with Crippen molar-refractivity contribution in [2.75, 3.05) is 13.2 Å². The Labute approximate surface area is 120 Å². The van der Waals surface area contributed by atoms with Gasteiger partial charge < -0.3 is 9.64 Å². The lowest BCUT2D eigenvalue weighted by atomic mass is 10.1. The molecule has 4 heteroatoms. The molecule has 0 saturated carbocycles. The number of carbonyl (C=O) groups is 1. The molecule has 19 heavy (non-hydrogen) atoms. The standard InChI is InChI=1S/C15H21NO2S/c1-10-5-4-6-11(2)15(10)18-9-12(3)16-8-13(19)7-14(16)17/h4-6,12-13,19H,7-9H2,1-3H3. The van der Waals surface area contributed by atoms with E-state index in [9.17, 15) is 4.79 Å². The van der Waals surface area contributed by atoms with Crippen LogP contribution in [0, 0.1) is 13.8 Å². The van der Waals surface area contributed by atoms with Crippen LogP contribution >= 0.6 is 12.6 Å². The second-order valence-corrected chi connectivity index (χ2v) is 6.02. The first kappa shape index (κ1) is 14.3. The topological polar surface area (TPSA) is 29.5 Å². The predicted molar refractivity (Wildman–Crippen MR) is 80.0 cm³/mol. The van der Waals surface area contributed by atoms with Crippen molar-refractivity contribution in [3.05, 3.63) is 29.3 Å². The zero-order valence-electron chi connectivity index (χ0n) is 11.7. The maximum Gasteiger partial charge on any atom is 0.224 e. The number of hydrogen-bond donors (Lipinski definition) is 1. The van der Waals surface area contributed by atoms with Crippen LogP contribution in [-0.2, 0) is 4.79 Å². The van der Waals surface area contributed by atoms with Crippen molar-refractivity contribution in [1.29, 1.82) is 0 Å². The summed E-state index contributed by atoms with van der Waals surface area (Å²) in [5, 5.41) is 0.162. The van der Waals surface area contributed by atoms with E-state index in [1.54, 1.807) is 0 Å². The first-order valence-corrected chi connectivity index (χ1v) is 7.17. The van der Waals surface area contributed by atoms with Gasteiger partial charge >= 0.3 is 0 Å². The number of rotatable bonds is 4. The highest BCUT2D eigenvalue weighted by atomic mass is 32.1. The zero-order chi connectivity index (χ0) is 14.0. The van der Waals surface area contributed by atoms with E-state index in [0.29, 0.717) is 13.0 Å². The summed E-state index contributed by atoms with van der Waals surface area (Å²) >= 11 is 4.37. The smallest absolute Gasteiger partial charge is 0.224 e. The van der Waals surface area contributed by atoms with Crippen molar-refractivity contribution in [3.63, 3.8) is 0 Å². The number of carbonyl (C=O) groups excluding carboxylic acids is 1. The van der Waals surface area contributed by atoms with Crippen LogP contribution in [0.3, 0.4) is 0 Å². The van der Waals surface area contributed by atoms with Gasteiger partial charge in [0.05, 0.1) is 6.04 Å². The summed E-state index contributed by atoms with van der Waals surface area (Å²) in [5.41, 5.74) is 2.26. The Kier molecular flexibility index (Phi) is 4.40. The summed E-state index contributed by atoms with van der Waals surface area (Å²) in [7, 11) is 0. The lowest BCUT2D eigenvalue weighted by molar-refractivity contribution is -0.129. The van der Waals surface area contributed by atoms with E-state index in [1.165, 1.54) is 0 Å². The quantitative estimate of drug-likeness (QED) is 0.859. The van der Waals surface area contributed by atoms with Gasteiger partial charge in [0, 0.05) is 18.2 Å². The summed E-state index contributed by atoms with van der Waals surface area (Å²) < 4.78 is 5.91. The second kappa shape index (κ2) is 5.87. The second-order valence-electron chi connectivity index (χ2n) is 5.29. The van der Waals surface area contributed by atoms with Gasteiger partial charge in [0.25, 0.3) is 0 Å². The fraction of sp³-hybridized carbons (Fsp3) is 0.533. The fourth-order valence-corrected chi connectivity index (χ4v) is 2.79. The molecule has 0 aromatic heterocycles. The van der Waals surface area contributed by atoms with Crippen LogP contribution in [0.1, 0.15) is 24.5 Å². The molecule has 1 aliphatic rings. The van der Waals surface area contributed by atoms with E-state index in [1.807, 2.05) is 43.9 Å². The maximum atomic E-state index is 11.8. The van der Waals surface area contributed by atoms with E-state index in [4.69, 9.17) is 4.74 Å². The number of amides is 1. The molecule has 0 N–H and O–H groups in total. The van der Waals surface area contributed by atoms with E-state index < -0.39 is 0 Å². The molecule has 1 aromatic carbocycles. The number of ether oxygens (including phenoxy) is 1. The Morgan fingerprint density at radius 2 is 2.05 bits per heavy atom. The van der Waals surface area contributed by atoms with E-state index in [0.717, 1.165) is 23.4 Å². The Morgan fingerprint density at radius 3 is 2.58 bits per heavy atom. The molecule has 1 amide bonds. The van der Waals surface area contributed by atoms with Gasteiger partial charge in [-0.3, -0.25) is 4.79 Å². The van der Waals surface area contributed by atoms with Crippen LogP contribution in [0.4, 0.5) is 0 Å². The van der Waals surface area contributed by atoms with E-state index in [2.05, 4.69) is 12.6 Å². The number of para-hydroxylation sites is 1. The van der Waals surface area contributed by atoms with Gasteiger partial charge in [-0.2, -0.15) is 12.6 Å². The summed E-state index contributed by atoms with van der Waals surface area (Å²) in [6.45, 7) is 7.35. The third kappa shape index (κ3) is 3.24. The van der Waals surface area contributed by atoms with Gasteiger partial charge in [-0.15, -0.1) is 0 Å². The van der Waals surface area contributed by atoms with Gasteiger partial charge in [-0.25, -0.2) is 0 Å². The molecule has 0 bridgehead atoms. The molecule has 2 unspecified atom stereocenters. The first-order valence-electron chi connectivity index (χ1n) is 6.65. The molecule has 2 rings (SSSR count). The van der Waals surface area contributed by atoms with Crippen molar-refractivity contribution in [2.24, 2.45) is 0 Å². The van der Waals surface area contributed by atoms with Gasteiger partial charge in [0.15, 0.2) is 0 Å². The summed E-state index contributed by atoms with van der Waals surface area (Å²) in [6, 6.07) is 6.19. The molecule has 0 aliphatic carbocycles. The van der Waals surface area contributed by atoms with Crippen molar-refractivity contribution >= 4 is 18.5 Å². The minimum atomic E-state index is 0.0867. The third-order valence-corrected chi connectivity index (χ3v) is 3.89. The molecular formula is C15H21NO2S. The van der Waals surface area contributed by atoms with Crippen molar-refractivity contribution < 1.29 is 9.53 Å². The van der Waals surface area contributed by atoms with Gasteiger partial charge in [0.1, 0.15) is 12.4 Å². The molecule has 0 radical (unpaired) electrons. The Morgan fingerprint density at radius 1 is 1.42 bits per heavy atom. The molecule has 3 nitrogen and oxygen atoms in total. The SMILES string of the molecule is Cc1cccc(C)c1OCC(C)N1CC(S)CC1=O. The van der Waals surface area contributed by atoms with Gasteiger partial charge in [0.2, 0.25) is 5.91 Å². The number of benzene rings is 1. The highest BCUT2D eigenvalue weighted by molar-refractivity contribution is 7.81. The highest BCUT2D eigenvalue weighted by Crippen LogP contribution is 2.24. The third-order valence-electron chi connectivity index (χ3n) is 3.55. The van der Waals surface area contributed by atoms with Crippen LogP contribution in [0.2, 0.25) is 0 Å². The number of aryl methyl sites for hydroxylation is 2. The molecular weight excluding hydrogens is 258 g/mol. The molecule has 104 valence electrons. The van der Waals surface area contributed by atoms with Crippen LogP contribution in [0.25, 0.3) is 0 Å². The lowest BCUT2D eigenvalue weighted by Crippen LogP contribution is -2.38. The van der Waals surface area contributed by atoms with Crippen LogP contribution in [-0.4, -0.2) is 35.3 Å². The summed E-state index contributed by atoms with van der Waals surface area (Å²) in [4.78, 5) is 13.7. The van der Waals surface area contributed by atoms with E-state index >= 15 is 0 Å². The molecule has 0 spiro atoms. The van der Waals surface area contributed by atoms with Crippen molar-refractivity contribution in [1.82, 2.24) is 4.90 Å².